The van der Waals surface area contributed by atoms with Gasteiger partial charge in [-0.15, -0.1) is 0 Å². The summed E-state index contributed by atoms with van der Waals surface area (Å²) >= 11 is -1.12. The highest BCUT2D eigenvalue weighted by atomic mass is 32.2. The average molecular weight is 826 g/mol. The van der Waals surface area contributed by atoms with Crippen LogP contribution in [0, 0.1) is 0 Å². The Hall–Kier alpha value is -1.75. The smallest absolute Gasteiger partial charge is 0.200 e. The molecule has 31 heteroatoms. The lowest BCUT2D eigenvalue weighted by atomic mass is 9.90. The number of alkyl halides is 30. The minimum absolute atomic E-state index is 1.12. The minimum atomic E-state index is -8.74. The third-order valence-electron chi connectivity index (χ3n) is 5.91. The Labute approximate surface area is 252 Å². The van der Waals surface area contributed by atoms with Gasteiger partial charge in [-0.2, -0.15) is 143 Å². The van der Waals surface area contributed by atoms with Crippen LogP contribution in [0.1, 0.15) is 12.8 Å². The fourth-order valence-electron chi connectivity index (χ4n) is 2.82. The third kappa shape index (κ3) is 6.70. The van der Waals surface area contributed by atoms with Crippen molar-refractivity contribution in [3.05, 3.63) is 0 Å². The summed E-state index contributed by atoms with van der Waals surface area (Å²) in [5.41, 5.74) is 0. The molecule has 0 aromatic rings. The van der Waals surface area contributed by atoms with E-state index >= 15 is 0 Å². The molecule has 0 fully saturated rings. The van der Waals surface area contributed by atoms with Gasteiger partial charge >= 0.3 is 83.4 Å². The molecule has 0 heterocycles. The first-order chi connectivity index (χ1) is 20.7. The largest absolute Gasteiger partial charge is 0.460 e. The van der Waals surface area contributed by atoms with Crippen LogP contribution in [0.2, 0.25) is 0 Å². The van der Waals surface area contributed by atoms with Gasteiger partial charge < -0.3 is 0 Å². The molecule has 0 aliphatic carbocycles. The summed E-state index contributed by atoms with van der Waals surface area (Å²) in [4.78, 5) is 0. The van der Waals surface area contributed by atoms with Crippen LogP contribution in [0.4, 0.5) is 132 Å². The normalized spacial score (nSPS) is 16.8. The molecule has 0 nitrogen and oxygen atoms in total. The van der Waals surface area contributed by atoms with E-state index in [1.165, 1.54) is 0 Å². The van der Waals surface area contributed by atoms with Crippen LogP contribution in [0.5, 0.6) is 0 Å². The first kappa shape index (κ1) is 47.2. The monoisotopic (exact) mass is 826 g/mol. The predicted molar refractivity (Wildman–Crippen MR) is 98.0 cm³/mol. The standard InChI is InChI=1S/C18H8F30S/c19-5(20,7(23,24)9(27,28)11(31,32)13(35,36)15(39,40)17(43,44)45)1-3-49-4-2-6(21,22)8(25,26)10(29,30)12(33,34)14(37,38)16(41,42)18(46,47)48/h1-4H2. The number of thioether (sulfide) groups is 1. The Morgan fingerprint density at radius 2 is 0.388 bits per heavy atom. The highest BCUT2D eigenvalue weighted by Crippen LogP contribution is 2.64. The third-order valence-corrected chi connectivity index (χ3v) is 6.89. The van der Waals surface area contributed by atoms with Crippen molar-refractivity contribution in [1.29, 1.82) is 0 Å². The molecule has 296 valence electrons. The van der Waals surface area contributed by atoms with Crippen molar-refractivity contribution >= 4 is 11.8 Å². The second-order valence-electron chi connectivity index (χ2n) is 9.26. The van der Waals surface area contributed by atoms with Crippen molar-refractivity contribution in [2.45, 2.75) is 96.3 Å². The summed E-state index contributed by atoms with van der Waals surface area (Å²) in [5, 5.41) is 0. The molecule has 0 aliphatic rings. The van der Waals surface area contributed by atoms with Gasteiger partial charge in [-0.1, -0.05) is 0 Å². The molecule has 0 amide bonds. The molecule has 0 aliphatic heterocycles. The Balaban J connectivity index is 6.09. The number of halogens is 30. The zero-order chi connectivity index (χ0) is 40.5. The van der Waals surface area contributed by atoms with E-state index < -0.39 is 120 Å². The maximum atomic E-state index is 13.7. The zero-order valence-electron chi connectivity index (χ0n) is 21.6. The second kappa shape index (κ2) is 12.4. The van der Waals surface area contributed by atoms with Crippen molar-refractivity contribution in [3.63, 3.8) is 0 Å². The van der Waals surface area contributed by atoms with E-state index in [1.807, 2.05) is 0 Å². The SMILES string of the molecule is FC(F)(F)C(F)(F)C(F)(F)C(F)(F)C(F)(F)C(F)(F)C(F)(F)CCSCCC(F)(F)C(F)(F)C(F)(F)C(F)(F)C(F)(F)C(F)(F)C(F)(F)F. The summed E-state index contributed by atoms with van der Waals surface area (Å²) in [6, 6.07) is 0. The molecule has 0 rings (SSSR count). The van der Waals surface area contributed by atoms with E-state index in [2.05, 4.69) is 0 Å². The quantitative estimate of drug-likeness (QED) is 0.110. The fourth-order valence-corrected chi connectivity index (χ4v) is 3.82. The lowest BCUT2D eigenvalue weighted by molar-refractivity contribution is -0.452. The summed E-state index contributed by atoms with van der Waals surface area (Å²) in [5.74, 6) is -104. The molecule has 0 saturated carbocycles. The number of hydrogen-bond donors (Lipinski definition) is 0. The molecule has 0 spiro atoms. The van der Waals surface area contributed by atoms with Crippen molar-refractivity contribution in [3.8, 4) is 0 Å². The van der Waals surface area contributed by atoms with E-state index in [-0.39, 0.29) is 0 Å². The summed E-state index contributed by atoms with van der Waals surface area (Å²) < 4.78 is 393. The maximum absolute atomic E-state index is 13.7. The van der Waals surface area contributed by atoms with Crippen LogP contribution in [-0.4, -0.2) is 94.9 Å². The maximum Gasteiger partial charge on any atom is 0.460 e. The van der Waals surface area contributed by atoms with E-state index in [0.717, 1.165) is 0 Å². The van der Waals surface area contributed by atoms with Gasteiger partial charge in [0.05, 0.1) is 0 Å². The minimum Gasteiger partial charge on any atom is -0.200 e. The van der Waals surface area contributed by atoms with Crippen LogP contribution in [0.15, 0.2) is 0 Å². The molecule has 49 heavy (non-hydrogen) atoms. The average Bonchev–Trinajstić information content (AvgIpc) is 2.85. The van der Waals surface area contributed by atoms with Gasteiger partial charge in [-0.05, 0) is 11.5 Å². The van der Waals surface area contributed by atoms with Gasteiger partial charge in [0, 0.05) is 12.8 Å². The summed E-state index contributed by atoms with van der Waals surface area (Å²) in [6.45, 7) is 0. The Bertz CT molecular complexity index is 1050. The molecule has 0 radical (unpaired) electrons. The Morgan fingerprint density at radius 1 is 0.224 bits per heavy atom. The molecule has 0 aromatic heterocycles. The van der Waals surface area contributed by atoms with Crippen molar-refractivity contribution in [2.75, 3.05) is 11.5 Å². The van der Waals surface area contributed by atoms with Gasteiger partial charge in [-0.3, -0.25) is 0 Å². The molecule has 0 bridgehead atoms. The highest BCUT2D eigenvalue weighted by molar-refractivity contribution is 7.99. The van der Waals surface area contributed by atoms with Crippen molar-refractivity contribution < 1.29 is 132 Å². The first-order valence-electron chi connectivity index (χ1n) is 11.0. The van der Waals surface area contributed by atoms with Crippen LogP contribution in [0.3, 0.4) is 0 Å². The predicted octanol–water partition coefficient (Wildman–Crippen LogP) is 11.2. The zero-order valence-corrected chi connectivity index (χ0v) is 22.4. The fraction of sp³-hybridized carbons (Fsp3) is 1.00. The number of rotatable bonds is 16. The van der Waals surface area contributed by atoms with Crippen molar-refractivity contribution in [2.24, 2.45) is 0 Å². The van der Waals surface area contributed by atoms with E-state index in [4.69, 9.17) is 0 Å². The second-order valence-corrected chi connectivity index (χ2v) is 10.5. The van der Waals surface area contributed by atoms with E-state index in [9.17, 15) is 132 Å². The Morgan fingerprint density at radius 3 is 0.571 bits per heavy atom. The Kier molecular flexibility index (Phi) is 12.0. The first-order valence-corrected chi connectivity index (χ1v) is 12.1. The van der Waals surface area contributed by atoms with E-state index in [1.54, 1.807) is 0 Å². The highest BCUT2D eigenvalue weighted by Gasteiger charge is 2.94. The van der Waals surface area contributed by atoms with Gasteiger partial charge in [-0.25, -0.2) is 0 Å². The molecule has 0 aromatic carbocycles. The van der Waals surface area contributed by atoms with Crippen molar-refractivity contribution in [1.82, 2.24) is 0 Å². The molecular formula is C18H8F30S. The van der Waals surface area contributed by atoms with Gasteiger partial charge in [0.25, 0.3) is 0 Å². The van der Waals surface area contributed by atoms with Crippen LogP contribution < -0.4 is 0 Å². The lowest BCUT2D eigenvalue weighted by Crippen LogP contribution is -2.72. The van der Waals surface area contributed by atoms with Gasteiger partial charge in [0.15, 0.2) is 0 Å². The summed E-state index contributed by atoms with van der Waals surface area (Å²) in [6.07, 6.45) is -22.5. The van der Waals surface area contributed by atoms with Crippen LogP contribution in [0.25, 0.3) is 0 Å². The van der Waals surface area contributed by atoms with Gasteiger partial charge in [0.2, 0.25) is 0 Å². The number of hydrogen-bond acceptors (Lipinski definition) is 1. The lowest BCUT2D eigenvalue weighted by Gasteiger charge is -2.41. The topological polar surface area (TPSA) is 0 Å². The molecule has 0 saturated heterocycles. The molecule has 0 unspecified atom stereocenters. The molecule has 0 atom stereocenters. The summed E-state index contributed by atoms with van der Waals surface area (Å²) in [7, 11) is 0. The molecular weight excluding hydrogens is 818 g/mol. The van der Waals surface area contributed by atoms with E-state index in [0.29, 0.717) is 0 Å². The molecule has 0 N–H and O–H groups in total. The van der Waals surface area contributed by atoms with Crippen LogP contribution in [-0.2, 0) is 0 Å². The van der Waals surface area contributed by atoms with Gasteiger partial charge in [0.1, 0.15) is 0 Å². The van der Waals surface area contributed by atoms with Crippen LogP contribution >= 0.6 is 11.8 Å².